The average molecular weight is 453 g/mol. The number of carbonyl (C=O) groups excluding carboxylic acids is 2. The van der Waals surface area contributed by atoms with Crippen molar-refractivity contribution in [2.75, 3.05) is 24.4 Å². The molecule has 3 aromatic rings. The molecule has 3 rings (SSSR count). The van der Waals surface area contributed by atoms with Gasteiger partial charge in [0, 0.05) is 22.0 Å². The Labute approximate surface area is 192 Å². The number of rotatable bonds is 10. The zero-order valence-electron chi connectivity index (χ0n) is 17.9. The molecule has 2 atom stereocenters. The fourth-order valence-corrected chi connectivity index (χ4v) is 3.31. The van der Waals surface area contributed by atoms with E-state index >= 15 is 0 Å². The normalized spacial score (nSPS) is 12.3. The van der Waals surface area contributed by atoms with Crippen molar-refractivity contribution in [1.82, 2.24) is 0 Å². The Morgan fingerprint density at radius 2 is 1.41 bits per heavy atom. The van der Waals surface area contributed by atoms with Crippen molar-refractivity contribution < 1.29 is 19.1 Å². The van der Waals surface area contributed by atoms with Crippen LogP contribution in [0.25, 0.3) is 0 Å². The molecule has 0 saturated heterocycles. The number of benzene rings is 3. The van der Waals surface area contributed by atoms with Gasteiger partial charge in [-0.15, -0.1) is 0 Å². The number of anilines is 2. The highest BCUT2D eigenvalue weighted by Crippen LogP contribution is 2.22. The molecule has 0 aliphatic heterocycles. The number of ketones is 1. The average Bonchev–Trinajstić information content (AvgIpc) is 2.83. The van der Waals surface area contributed by atoms with Crippen LogP contribution in [0, 0.1) is 0 Å². The predicted octanol–water partition coefficient (Wildman–Crippen LogP) is 5.06. The number of hydrogen-bond donors (Lipinski definition) is 2. The van der Waals surface area contributed by atoms with Gasteiger partial charge in [0.25, 0.3) is 0 Å². The molecule has 0 aromatic heterocycles. The number of ether oxygens (including phenoxy) is 2. The Morgan fingerprint density at radius 1 is 0.844 bits per heavy atom. The molecule has 1 unspecified atom stereocenters. The predicted molar refractivity (Wildman–Crippen MR) is 127 cm³/mol. The zero-order valence-corrected chi connectivity index (χ0v) is 18.6. The maximum atomic E-state index is 13.5. The van der Waals surface area contributed by atoms with Crippen LogP contribution >= 0.6 is 11.6 Å². The van der Waals surface area contributed by atoms with E-state index in [-0.39, 0.29) is 12.4 Å². The largest absolute Gasteiger partial charge is 0.497 e. The van der Waals surface area contributed by atoms with E-state index in [0.717, 1.165) is 0 Å². The van der Waals surface area contributed by atoms with E-state index in [2.05, 4.69) is 10.6 Å². The third-order valence-corrected chi connectivity index (χ3v) is 5.05. The lowest BCUT2D eigenvalue weighted by Crippen LogP contribution is -2.50. The molecular weight excluding hydrogens is 428 g/mol. The van der Waals surface area contributed by atoms with Gasteiger partial charge in [0.2, 0.25) is 0 Å². The molecule has 0 saturated carbocycles. The number of nitrogens with one attached hydrogen (secondary N) is 2. The Morgan fingerprint density at radius 3 is 1.97 bits per heavy atom. The minimum absolute atomic E-state index is 0.187. The summed E-state index contributed by atoms with van der Waals surface area (Å²) >= 11 is 6.00. The lowest BCUT2D eigenvalue weighted by Gasteiger charge is -2.28. The Hall–Kier alpha value is -3.51. The number of halogens is 1. The van der Waals surface area contributed by atoms with Gasteiger partial charge in [-0.05, 0) is 55.5 Å². The standard InChI is InChI=1S/C25H25ClN2O4/c1-3-32-25(30)23(28-20-13-15-21(31-2)16-14-20)22(24(29)17-7-5-4-6-8-17)27-19-11-9-18(26)10-12-19/h4-16,22-23,27-28H,3H2,1-2H3/t22?,23-/m1/s1. The van der Waals surface area contributed by atoms with Crippen molar-refractivity contribution in [3.8, 4) is 5.75 Å². The van der Waals surface area contributed by atoms with E-state index in [0.29, 0.717) is 27.7 Å². The quantitative estimate of drug-likeness (QED) is 0.331. The molecule has 2 N–H and O–H groups in total. The van der Waals surface area contributed by atoms with Crippen LogP contribution in [-0.4, -0.2) is 37.6 Å². The minimum Gasteiger partial charge on any atom is -0.497 e. The molecule has 0 aliphatic rings. The van der Waals surface area contributed by atoms with E-state index in [9.17, 15) is 9.59 Å². The molecular formula is C25H25ClN2O4. The molecule has 32 heavy (non-hydrogen) atoms. The first-order valence-corrected chi connectivity index (χ1v) is 10.6. The highest BCUT2D eigenvalue weighted by molar-refractivity contribution is 6.30. The Kier molecular flexibility index (Phi) is 8.11. The summed E-state index contributed by atoms with van der Waals surface area (Å²) in [5, 5.41) is 6.92. The van der Waals surface area contributed by atoms with Gasteiger partial charge in [0.1, 0.15) is 11.8 Å². The van der Waals surface area contributed by atoms with Crippen molar-refractivity contribution >= 4 is 34.7 Å². The van der Waals surface area contributed by atoms with Crippen molar-refractivity contribution in [2.45, 2.75) is 19.0 Å². The van der Waals surface area contributed by atoms with Gasteiger partial charge in [-0.3, -0.25) is 4.79 Å². The molecule has 0 spiro atoms. The summed E-state index contributed by atoms with van der Waals surface area (Å²) in [4.78, 5) is 26.5. The van der Waals surface area contributed by atoms with Crippen LogP contribution < -0.4 is 15.4 Å². The maximum absolute atomic E-state index is 13.5. The summed E-state index contributed by atoms with van der Waals surface area (Å²) in [5.41, 5.74) is 1.77. The van der Waals surface area contributed by atoms with E-state index in [1.165, 1.54) is 0 Å². The third kappa shape index (κ3) is 6.02. The molecule has 0 amide bonds. The molecule has 0 bridgehead atoms. The van der Waals surface area contributed by atoms with Gasteiger partial charge >= 0.3 is 5.97 Å². The lowest BCUT2D eigenvalue weighted by molar-refractivity contribution is -0.144. The second-order valence-corrected chi connectivity index (χ2v) is 7.40. The van der Waals surface area contributed by atoms with Crippen LogP contribution in [-0.2, 0) is 9.53 Å². The summed E-state index contributed by atoms with van der Waals surface area (Å²) in [6.07, 6.45) is 0. The van der Waals surface area contributed by atoms with E-state index < -0.39 is 18.1 Å². The smallest absolute Gasteiger partial charge is 0.331 e. The first kappa shape index (κ1) is 23.2. The van der Waals surface area contributed by atoms with Crippen LogP contribution in [0.4, 0.5) is 11.4 Å². The summed E-state index contributed by atoms with van der Waals surface area (Å²) < 4.78 is 10.5. The van der Waals surface area contributed by atoms with Crippen LogP contribution in [0.1, 0.15) is 17.3 Å². The first-order chi connectivity index (χ1) is 15.5. The number of Topliss-reactive ketones (excluding diaryl/α,β-unsaturated/α-hetero) is 1. The molecule has 0 fully saturated rings. The van der Waals surface area contributed by atoms with Crippen LogP contribution in [0.15, 0.2) is 78.9 Å². The van der Waals surface area contributed by atoms with Crippen LogP contribution in [0.2, 0.25) is 5.02 Å². The van der Waals surface area contributed by atoms with Crippen molar-refractivity contribution in [1.29, 1.82) is 0 Å². The van der Waals surface area contributed by atoms with Gasteiger partial charge in [-0.25, -0.2) is 4.79 Å². The fourth-order valence-electron chi connectivity index (χ4n) is 3.19. The SMILES string of the molecule is CCOC(=O)[C@H](Nc1ccc(OC)cc1)C(Nc1ccc(Cl)cc1)C(=O)c1ccccc1. The summed E-state index contributed by atoms with van der Waals surface area (Å²) in [6, 6.07) is 20.9. The topological polar surface area (TPSA) is 76.7 Å². The van der Waals surface area contributed by atoms with Crippen molar-refractivity contribution in [2.24, 2.45) is 0 Å². The molecule has 6 nitrogen and oxygen atoms in total. The molecule has 3 aromatic carbocycles. The highest BCUT2D eigenvalue weighted by atomic mass is 35.5. The van der Waals surface area contributed by atoms with E-state index in [1.807, 2.05) is 6.07 Å². The van der Waals surface area contributed by atoms with Gasteiger partial charge in [0.05, 0.1) is 13.7 Å². The number of carbonyl (C=O) groups is 2. The van der Waals surface area contributed by atoms with Gasteiger partial charge in [-0.1, -0.05) is 41.9 Å². The Balaban J connectivity index is 1.98. The van der Waals surface area contributed by atoms with Crippen molar-refractivity contribution in [3.63, 3.8) is 0 Å². The molecule has 0 radical (unpaired) electrons. The molecule has 166 valence electrons. The molecule has 7 heteroatoms. The summed E-state index contributed by atoms with van der Waals surface area (Å²) in [7, 11) is 1.58. The second kappa shape index (κ2) is 11.2. The maximum Gasteiger partial charge on any atom is 0.331 e. The monoisotopic (exact) mass is 452 g/mol. The second-order valence-electron chi connectivity index (χ2n) is 6.96. The highest BCUT2D eigenvalue weighted by Gasteiger charge is 2.35. The zero-order chi connectivity index (χ0) is 22.9. The molecule has 0 heterocycles. The first-order valence-electron chi connectivity index (χ1n) is 10.2. The number of hydrogen-bond acceptors (Lipinski definition) is 6. The summed E-state index contributed by atoms with van der Waals surface area (Å²) in [5.74, 6) is -0.113. The summed E-state index contributed by atoms with van der Waals surface area (Å²) in [6.45, 7) is 1.91. The van der Waals surface area contributed by atoms with Gasteiger partial charge in [-0.2, -0.15) is 0 Å². The van der Waals surface area contributed by atoms with Crippen LogP contribution in [0.5, 0.6) is 5.75 Å². The van der Waals surface area contributed by atoms with E-state index in [4.69, 9.17) is 21.1 Å². The lowest BCUT2D eigenvalue weighted by atomic mass is 9.96. The minimum atomic E-state index is -0.994. The fraction of sp³-hybridized carbons (Fsp3) is 0.200. The third-order valence-electron chi connectivity index (χ3n) is 4.79. The number of esters is 1. The van der Waals surface area contributed by atoms with Crippen molar-refractivity contribution in [3.05, 3.63) is 89.4 Å². The van der Waals surface area contributed by atoms with Gasteiger partial charge in [0.15, 0.2) is 11.8 Å². The van der Waals surface area contributed by atoms with E-state index in [1.54, 1.807) is 86.8 Å². The Bertz CT molecular complexity index is 1020. The van der Waals surface area contributed by atoms with Crippen LogP contribution in [0.3, 0.4) is 0 Å². The number of methoxy groups -OCH3 is 1. The molecule has 0 aliphatic carbocycles. The van der Waals surface area contributed by atoms with Gasteiger partial charge < -0.3 is 20.1 Å².